The van der Waals surface area contributed by atoms with Gasteiger partial charge in [-0.1, -0.05) is 48.0 Å². The first-order valence-corrected chi connectivity index (χ1v) is 7.53. The van der Waals surface area contributed by atoms with Crippen LogP contribution in [0.5, 0.6) is 0 Å². The molecule has 1 aromatic carbocycles. The van der Waals surface area contributed by atoms with Crippen LogP contribution in [0.25, 0.3) is 5.65 Å². The summed E-state index contributed by atoms with van der Waals surface area (Å²) >= 11 is 5.98. The third-order valence-corrected chi connectivity index (χ3v) is 3.86. The largest absolute Gasteiger partial charge is 0.383 e. The lowest BCUT2D eigenvalue weighted by Crippen LogP contribution is -2.24. The summed E-state index contributed by atoms with van der Waals surface area (Å²) in [5.41, 5.74) is 1.93. The molecule has 0 radical (unpaired) electrons. The Morgan fingerprint density at radius 3 is 2.70 bits per heavy atom. The molecule has 3 aromatic rings. The lowest BCUT2D eigenvalue weighted by atomic mass is 10.0. The van der Waals surface area contributed by atoms with Crippen molar-refractivity contribution in [3.63, 3.8) is 0 Å². The molecule has 1 atom stereocenters. The van der Waals surface area contributed by atoms with E-state index in [2.05, 4.69) is 11.6 Å². The highest BCUT2D eigenvalue weighted by molar-refractivity contribution is 6.30. The first-order valence-electron chi connectivity index (χ1n) is 7.15. The summed E-state index contributed by atoms with van der Waals surface area (Å²) in [6.45, 7) is 3.59. The van der Waals surface area contributed by atoms with Crippen molar-refractivity contribution < 1.29 is 5.11 Å². The standard InChI is InChI=1S/C18H15ClN2O2/c1-2-15(22)17-14(10-12-6-4-3-5-7-12)18(23)21-11-13(19)8-9-16(21)20-17/h2-9,11,15,22H,1,10H2. The summed E-state index contributed by atoms with van der Waals surface area (Å²) in [6.07, 6.45) is 2.28. The van der Waals surface area contributed by atoms with Gasteiger partial charge in [0.1, 0.15) is 11.8 Å². The SMILES string of the molecule is C=CC(O)c1nc2ccc(Cl)cn2c(=O)c1Cc1ccccc1. The Balaban J connectivity index is 2.25. The van der Waals surface area contributed by atoms with Gasteiger partial charge in [-0.25, -0.2) is 4.98 Å². The molecule has 23 heavy (non-hydrogen) atoms. The van der Waals surface area contributed by atoms with E-state index < -0.39 is 6.10 Å². The number of aliphatic hydroxyl groups excluding tert-OH is 1. The Bertz CT molecular complexity index is 919. The molecule has 0 spiro atoms. The van der Waals surface area contributed by atoms with E-state index in [1.807, 2.05) is 30.3 Å². The van der Waals surface area contributed by atoms with Crippen molar-refractivity contribution in [1.82, 2.24) is 9.38 Å². The minimum Gasteiger partial charge on any atom is -0.383 e. The van der Waals surface area contributed by atoms with Crippen LogP contribution in [0.4, 0.5) is 0 Å². The van der Waals surface area contributed by atoms with Crippen molar-refractivity contribution in [3.05, 3.63) is 93.5 Å². The number of nitrogens with zero attached hydrogens (tertiary/aromatic N) is 2. The van der Waals surface area contributed by atoms with Gasteiger partial charge < -0.3 is 5.11 Å². The number of benzene rings is 1. The maximum atomic E-state index is 12.8. The third kappa shape index (κ3) is 3.04. The Labute approximate surface area is 138 Å². The first-order chi connectivity index (χ1) is 11.1. The van der Waals surface area contributed by atoms with E-state index >= 15 is 0 Å². The van der Waals surface area contributed by atoms with Crippen LogP contribution in [0.1, 0.15) is 22.9 Å². The van der Waals surface area contributed by atoms with Gasteiger partial charge in [-0.15, -0.1) is 6.58 Å². The molecule has 116 valence electrons. The van der Waals surface area contributed by atoms with E-state index in [1.165, 1.54) is 16.7 Å². The molecule has 0 aliphatic rings. The maximum Gasteiger partial charge on any atom is 0.261 e. The fourth-order valence-corrected chi connectivity index (χ4v) is 2.65. The van der Waals surface area contributed by atoms with E-state index in [1.54, 1.807) is 12.1 Å². The summed E-state index contributed by atoms with van der Waals surface area (Å²) in [5, 5.41) is 10.6. The monoisotopic (exact) mass is 326 g/mol. The lowest BCUT2D eigenvalue weighted by Gasteiger charge is -2.13. The normalized spacial score (nSPS) is 12.3. The molecular weight excluding hydrogens is 312 g/mol. The number of hydrogen-bond donors (Lipinski definition) is 1. The second-order valence-corrected chi connectivity index (χ2v) is 5.64. The van der Waals surface area contributed by atoms with Crippen LogP contribution >= 0.6 is 11.6 Å². The van der Waals surface area contributed by atoms with Gasteiger partial charge >= 0.3 is 0 Å². The Kier molecular flexibility index (Phi) is 4.28. The smallest absolute Gasteiger partial charge is 0.261 e. The average molecular weight is 327 g/mol. The Morgan fingerprint density at radius 2 is 2.00 bits per heavy atom. The van der Waals surface area contributed by atoms with E-state index in [9.17, 15) is 9.90 Å². The molecule has 0 saturated heterocycles. The number of pyridine rings is 1. The van der Waals surface area contributed by atoms with Crippen LogP contribution in [0.2, 0.25) is 5.02 Å². The Morgan fingerprint density at radius 1 is 1.26 bits per heavy atom. The summed E-state index contributed by atoms with van der Waals surface area (Å²) in [4.78, 5) is 17.3. The Hall–Kier alpha value is -2.43. The predicted octanol–water partition coefficient (Wildman–Crippen LogP) is 3.16. The highest BCUT2D eigenvalue weighted by Crippen LogP contribution is 2.19. The average Bonchev–Trinajstić information content (AvgIpc) is 2.58. The number of rotatable bonds is 4. The van der Waals surface area contributed by atoms with Crippen molar-refractivity contribution in [2.24, 2.45) is 0 Å². The van der Waals surface area contributed by atoms with Crippen LogP contribution in [0.15, 0.2) is 66.1 Å². The van der Waals surface area contributed by atoms with Crippen molar-refractivity contribution >= 4 is 17.2 Å². The van der Waals surface area contributed by atoms with Crippen molar-refractivity contribution in [3.8, 4) is 0 Å². The highest BCUT2D eigenvalue weighted by atomic mass is 35.5. The van der Waals surface area contributed by atoms with Crippen LogP contribution in [-0.2, 0) is 6.42 Å². The second kappa shape index (κ2) is 6.36. The molecule has 2 aromatic heterocycles. The van der Waals surface area contributed by atoms with E-state index in [0.717, 1.165) is 5.56 Å². The number of fused-ring (bicyclic) bond motifs is 1. The quantitative estimate of drug-likeness (QED) is 0.749. The van der Waals surface area contributed by atoms with Crippen molar-refractivity contribution in [2.45, 2.75) is 12.5 Å². The summed E-state index contributed by atoms with van der Waals surface area (Å²) in [5.74, 6) is 0. The van der Waals surface area contributed by atoms with Gasteiger partial charge in [-0.3, -0.25) is 9.20 Å². The van der Waals surface area contributed by atoms with E-state index in [-0.39, 0.29) is 5.56 Å². The molecule has 4 nitrogen and oxygen atoms in total. The van der Waals surface area contributed by atoms with Crippen LogP contribution in [0, 0.1) is 0 Å². The zero-order valence-corrected chi connectivity index (χ0v) is 13.1. The van der Waals surface area contributed by atoms with Crippen LogP contribution in [0.3, 0.4) is 0 Å². The minimum atomic E-state index is -0.998. The predicted molar refractivity (Wildman–Crippen MR) is 90.9 cm³/mol. The maximum absolute atomic E-state index is 12.8. The van der Waals surface area contributed by atoms with Crippen LogP contribution in [-0.4, -0.2) is 14.5 Å². The van der Waals surface area contributed by atoms with Crippen LogP contribution < -0.4 is 5.56 Å². The fourth-order valence-electron chi connectivity index (χ4n) is 2.49. The first kappa shape index (κ1) is 15.5. The van der Waals surface area contributed by atoms with Gasteiger partial charge in [0.25, 0.3) is 5.56 Å². The molecule has 1 unspecified atom stereocenters. The van der Waals surface area contributed by atoms with Gasteiger partial charge in [0.05, 0.1) is 10.7 Å². The molecule has 3 rings (SSSR count). The van der Waals surface area contributed by atoms with Gasteiger partial charge in [-0.2, -0.15) is 0 Å². The number of halogens is 1. The molecule has 0 aliphatic carbocycles. The molecule has 0 amide bonds. The molecule has 0 saturated carbocycles. The molecule has 1 N–H and O–H groups in total. The van der Waals surface area contributed by atoms with Gasteiger partial charge in [-0.05, 0) is 17.7 Å². The number of aliphatic hydroxyl groups is 1. The molecular formula is C18H15ClN2O2. The highest BCUT2D eigenvalue weighted by Gasteiger charge is 2.18. The fraction of sp³-hybridized carbons (Fsp3) is 0.111. The molecule has 0 fully saturated rings. The number of aromatic nitrogens is 2. The minimum absolute atomic E-state index is 0.239. The second-order valence-electron chi connectivity index (χ2n) is 5.20. The summed E-state index contributed by atoms with van der Waals surface area (Å²) < 4.78 is 1.40. The van der Waals surface area contributed by atoms with E-state index in [4.69, 9.17) is 11.6 Å². The summed E-state index contributed by atoms with van der Waals surface area (Å²) in [7, 11) is 0. The van der Waals surface area contributed by atoms with Gasteiger partial charge in [0, 0.05) is 18.2 Å². The zero-order chi connectivity index (χ0) is 16.4. The topological polar surface area (TPSA) is 54.6 Å². The van der Waals surface area contributed by atoms with Crippen molar-refractivity contribution in [2.75, 3.05) is 0 Å². The van der Waals surface area contributed by atoms with Gasteiger partial charge in [0.15, 0.2) is 0 Å². The molecule has 0 bridgehead atoms. The lowest BCUT2D eigenvalue weighted by molar-refractivity contribution is 0.223. The zero-order valence-electron chi connectivity index (χ0n) is 12.3. The third-order valence-electron chi connectivity index (χ3n) is 3.64. The van der Waals surface area contributed by atoms with E-state index in [0.29, 0.717) is 28.3 Å². The van der Waals surface area contributed by atoms with Crippen molar-refractivity contribution in [1.29, 1.82) is 0 Å². The molecule has 0 aliphatic heterocycles. The number of hydrogen-bond acceptors (Lipinski definition) is 3. The summed E-state index contributed by atoms with van der Waals surface area (Å²) in [6, 6.07) is 12.9. The molecule has 2 heterocycles. The molecule has 5 heteroatoms. The van der Waals surface area contributed by atoms with Gasteiger partial charge in [0.2, 0.25) is 0 Å².